The van der Waals surface area contributed by atoms with Crippen LogP contribution in [-0.2, 0) is 4.79 Å². The zero-order chi connectivity index (χ0) is 11.2. The van der Waals surface area contributed by atoms with Crippen LogP contribution in [0.1, 0.15) is 16.6 Å². The molecule has 5 nitrogen and oxygen atoms in total. The maximum atomic E-state index is 11.5. The third-order valence-electron chi connectivity index (χ3n) is 2.50. The Morgan fingerprint density at radius 1 is 1.67 bits per heavy atom. The lowest BCUT2D eigenvalue weighted by Gasteiger charge is -2.30. The van der Waals surface area contributed by atoms with E-state index in [1.165, 1.54) is 0 Å². The van der Waals surface area contributed by atoms with Crippen LogP contribution in [0.25, 0.3) is 0 Å². The summed E-state index contributed by atoms with van der Waals surface area (Å²) >= 11 is 1.08. The highest BCUT2D eigenvalue weighted by atomic mass is 32.1. The van der Waals surface area contributed by atoms with Gasteiger partial charge in [0.15, 0.2) is 0 Å². The molecule has 0 fully saturated rings. The highest BCUT2D eigenvalue weighted by Gasteiger charge is 2.29. The first-order valence-electron chi connectivity index (χ1n) is 4.41. The number of fused-ring (bicyclic) bond motifs is 1. The van der Waals surface area contributed by atoms with Gasteiger partial charge < -0.3 is 15.3 Å². The number of likely N-dealkylation sites (N-methyl/N-ethyl adjacent to an activating group) is 1. The minimum absolute atomic E-state index is 0.108. The Morgan fingerprint density at radius 3 is 2.93 bits per heavy atom. The summed E-state index contributed by atoms with van der Waals surface area (Å²) in [7, 11) is 1.78. The molecule has 0 spiro atoms. The maximum absolute atomic E-state index is 11.5. The van der Waals surface area contributed by atoms with Crippen molar-refractivity contribution in [1.82, 2.24) is 0 Å². The molecule has 0 saturated heterocycles. The monoisotopic (exact) mass is 226 g/mol. The predicted molar refractivity (Wildman–Crippen MR) is 57.8 cm³/mol. The second kappa shape index (κ2) is 3.23. The molecule has 6 heteroatoms. The van der Waals surface area contributed by atoms with Gasteiger partial charge in [-0.25, -0.2) is 4.79 Å². The number of anilines is 2. The summed E-state index contributed by atoms with van der Waals surface area (Å²) < 4.78 is 0. The number of nitrogens with one attached hydrogen (secondary N) is 1. The smallest absolute Gasteiger partial charge is 0.346 e. The lowest BCUT2D eigenvalue weighted by Crippen LogP contribution is -2.43. The van der Waals surface area contributed by atoms with E-state index in [9.17, 15) is 9.59 Å². The molecule has 0 aliphatic carbocycles. The number of aromatic carboxylic acids is 1. The standard InChI is InChI=1S/C9H10N2O3S/c1-4-7(12)10-8-5(11(4)2)3-6(15-8)9(13)14/h3-4H,1-2H3,(H,10,12)(H,13,14). The highest BCUT2D eigenvalue weighted by molar-refractivity contribution is 7.18. The van der Waals surface area contributed by atoms with Crippen LogP contribution in [0.5, 0.6) is 0 Å². The summed E-state index contributed by atoms with van der Waals surface area (Å²) in [6.45, 7) is 1.77. The van der Waals surface area contributed by atoms with E-state index in [-0.39, 0.29) is 16.8 Å². The number of thiophene rings is 1. The van der Waals surface area contributed by atoms with Gasteiger partial charge in [0.05, 0.1) is 5.69 Å². The van der Waals surface area contributed by atoms with Gasteiger partial charge in [-0.2, -0.15) is 0 Å². The topological polar surface area (TPSA) is 69.6 Å². The number of carboxylic acids is 1. The normalized spacial score (nSPS) is 19.7. The quantitative estimate of drug-likeness (QED) is 0.755. The van der Waals surface area contributed by atoms with Gasteiger partial charge in [-0.05, 0) is 13.0 Å². The van der Waals surface area contributed by atoms with Gasteiger partial charge in [0, 0.05) is 7.05 Å². The zero-order valence-corrected chi connectivity index (χ0v) is 9.09. The molecule has 0 aromatic carbocycles. The van der Waals surface area contributed by atoms with Crippen LogP contribution in [0.3, 0.4) is 0 Å². The van der Waals surface area contributed by atoms with Gasteiger partial charge in [0.1, 0.15) is 15.9 Å². The van der Waals surface area contributed by atoms with E-state index in [4.69, 9.17) is 5.11 Å². The van der Waals surface area contributed by atoms with Crippen LogP contribution in [0, 0.1) is 0 Å². The van der Waals surface area contributed by atoms with Crippen molar-refractivity contribution >= 4 is 33.9 Å². The lowest BCUT2D eigenvalue weighted by molar-refractivity contribution is -0.117. The van der Waals surface area contributed by atoms with E-state index >= 15 is 0 Å². The van der Waals surface area contributed by atoms with E-state index in [0.717, 1.165) is 17.0 Å². The summed E-state index contributed by atoms with van der Waals surface area (Å²) in [6, 6.07) is 1.31. The summed E-state index contributed by atoms with van der Waals surface area (Å²) in [6.07, 6.45) is 0. The van der Waals surface area contributed by atoms with Crippen molar-refractivity contribution in [2.75, 3.05) is 17.3 Å². The molecule has 80 valence electrons. The molecule has 1 amide bonds. The van der Waals surface area contributed by atoms with E-state index in [0.29, 0.717) is 5.00 Å². The summed E-state index contributed by atoms with van der Waals surface area (Å²) in [5.41, 5.74) is 0.768. The van der Waals surface area contributed by atoms with Crippen molar-refractivity contribution in [2.45, 2.75) is 13.0 Å². The Labute approximate surface area is 90.3 Å². The SMILES string of the molecule is CC1C(=O)Nc2sc(C(=O)O)cc2N1C. The largest absolute Gasteiger partial charge is 0.477 e. The van der Waals surface area contributed by atoms with Gasteiger partial charge >= 0.3 is 5.97 Å². The van der Waals surface area contributed by atoms with Gasteiger partial charge in [-0.1, -0.05) is 0 Å². The first-order chi connectivity index (χ1) is 7.00. The zero-order valence-electron chi connectivity index (χ0n) is 8.27. The number of carbonyl (C=O) groups excluding carboxylic acids is 1. The predicted octanol–water partition coefficient (Wildman–Crippen LogP) is 1.22. The highest BCUT2D eigenvalue weighted by Crippen LogP contribution is 2.38. The van der Waals surface area contributed by atoms with Crippen molar-refractivity contribution in [3.8, 4) is 0 Å². The van der Waals surface area contributed by atoms with Gasteiger partial charge in [-0.15, -0.1) is 11.3 Å². The number of hydrogen-bond acceptors (Lipinski definition) is 4. The Morgan fingerprint density at radius 2 is 2.33 bits per heavy atom. The van der Waals surface area contributed by atoms with E-state index in [1.54, 1.807) is 24.9 Å². The number of hydrogen-bond donors (Lipinski definition) is 2. The number of rotatable bonds is 1. The summed E-state index contributed by atoms with van der Waals surface area (Å²) in [5, 5.41) is 12.1. The molecule has 1 aliphatic rings. The first-order valence-corrected chi connectivity index (χ1v) is 5.23. The van der Waals surface area contributed by atoms with Gasteiger partial charge in [0.25, 0.3) is 0 Å². The number of nitrogens with zero attached hydrogens (tertiary/aromatic N) is 1. The molecule has 0 saturated carbocycles. The van der Waals surface area contributed by atoms with Crippen LogP contribution in [-0.4, -0.2) is 30.1 Å². The number of carboxylic acid groups (broad SMARTS) is 1. The molecule has 0 radical (unpaired) electrons. The molecule has 2 heterocycles. The first kappa shape index (κ1) is 9.97. The molecule has 1 aliphatic heterocycles. The van der Waals surface area contributed by atoms with Crippen molar-refractivity contribution in [1.29, 1.82) is 0 Å². The second-order valence-electron chi connectivity index (χ2n) is 3.41. The van der Waals surface area contributed by atoms with Crippen molar-refractivity contribution in [3.05, 3.63) is 10.9 Å². The molecule has 1 aromatic rings. The molecular formula is C9H10N2O3S. The fraction of sp³-hybridized carbons (Fsp3) is 0.333. The third-order valence-corrected chi connectivity index (χ3v) is 3.53. The van der Waals surface area contributed by atoms with Crippen LogP contribution in [0.4, 0.5) is 10.7 Å². The fourth-order valence-electron chi connectivity index (χ4n) is 1.44. The Hall–Kier alpha value is -1.56. The summed E-state index contributed by atoms with van der Waals surface area (Å²) in [4.78, 5) is 24.2. The molecule has 1 unspecified atom stereocenters. The molecule has 2 rings (SSSR count). The van der Waals surface area contributed by atoms with Crippen LogP contribution in [0.2, 0.25) is 0 Å². The second-order valence-corrected chi connectivity index (χ2v) is 4.46. The lowest BCUT2D eigenvalue weighted by atomic mass is 10.2. The molecule has 15 heavy (non-hydrogen) atoms. The fourth-order valence-corrected chi connectivity index (χ4v) is 2.38. The van der Waals surface area contributed by atoms with E-state index in [1.807, 2.05) is 0 Å². The van der Waals surface area contributed by atoms with E-state index < -0.39 is 5.97 Å². The van der Waals surface area contributed by atoms with Crippen LogP contribution in [0.15, 0.2) is 6.07 Å². The van der Waals surface area contributed by atoms with Crippen molar-refractivity contribution in [2.24, 2.45) is 0 Å². The van der Waals surface area contributed by atoms with Crippen LogP contribution >= 0.6 is 11.3 Å². The number of amides is 1. The average molecular weight is 226 g/mol. The average Bonchev–Trinajstić information content (AvgIpc) is 2.58. The minimum atomic E-state index is -0.968. The van der Waals surface area contributed by atoms with Crippen LogP contribution < -0.4 is 10.2 Å². The van der Waals surface area contributed by atoms with Crippen molar-refractivity contribution in [3.63, 3.8) is 0 Å². The minimum Gasteiger partial charge on any atom is -0.477 e. The third kappa shape index (κ3) is 1.46. The Bertz CT molecular complexity index is 441. The van der Waals surface area contributed by atoms with Gasteiger partial charge in [-0.3, -0.25) is 4.79 Å². The molecule has 0 bridgehead atoms. The maximum Gasteiger partial charge on any atom is 0.346 e. The van der Waals surface area contributed by atoms with E-state index in [2.05, 4.69) is 5.32 Å². The number of carbonyl (C=O) groups is 2. The summed E-state index contributed by atoms with van der Waals surface area (Å²) in [5.74, 6) is -1.08. The molecule has 1 atom stereocenters. The molecule has 2 N–H and O–H groups in total. The molecule has 1 aromatic heterocycles. The van der Waals surface area contributed by atoms with Gasteiger partial charge in [0.2, 0.25) is 5.91 Å². The molecular weight excluding hydrogens is 216 g/mol. The van der Waals surface area contributed by atoms with Crippen molar-refractivity contribution < 1.29 is 14.7 Å². The Kier molecular flexibility index (Phi) is 2.15. The Balaban J connectivity index is 2.47.